The monoisotopic (exact) mass is 352 g/mol. The van der Waals surface area contributed by atoms with Crippen LogP contribution in [0.3, 0.4) is 0 Å². The number of fused-ring (bicyclic) bond motifs is 5. The molecule has 2 aliphatic rings. The highest BCUT2D eigenvalue weighted by atomic mass is 16.5. The van der Waals surface area contributed by atoms with Crippen molar-refractivity contribution < 1.29 is 9.84 Å². The molecule has 1 aromatic carbocycles. The van der Waals surface area contributed by atoms with E-state index in [4.69, 9.17) is 4.74 Å². The molecule has 0 aliphatic carbocycles. The zero-order valence-corrected chi connectivity index (χ0v) is 15.7. The van der Waals surface area contributed by atoms with Gasteiger partial charge in [-0.25, -0.2) is 0 Å². The number of aromatic nitrogens is 1. The van der Waals surface area contributed by atoms with Crippen molar-refractivity contribution in [3.63, 3.8) is 0 Å². The lowest BCUT2D eigenvalue weighted by Gasteiger charge is -2.45. The van der Waals surface area contributed by atoms with Crippen molar-refractivity contribution in [2.24, 2.45) is 11.8 Å². The Morgan fingerprint density at radius 1 is 1.46 bits per heavy atom. The molecule has 0 saturated carbocycles. The maximum atomic E-state index is 10.0. The van der Waals surface area contributed by atoms with Crippen LogP contribution < -0.4 is 0 Å². The van der Waals surface area contributed by atoms with Crippen molar-refractivity contribution in [1.82, 2.24) is 9.88 Å². The number of hydrogen-bond acceptors (Lipinski definition) is 3. The number of nitrogens with zero attached hydrogens (tertiary/aromatic N) is 1. The third-order valence-electron chi connectivity index (χ3n) is 6.34. The van der Waals surface area contributed by atoms with E-state index in [1.807, 2.05) is 0 Å². The molecule has 3 heterocycles. The van der Waals surface area contributed by atoms with Crippen molar-refractivity contribution in [2.45, 2.75) is 25.8 Å². The SMILES string of the molecule is C=C(OC)[C@@H](CO)C1CC2c3[nH]c4ccccc4c3CCN2C/C1=C/C. The highest BCUT2D eigenvalue weighted by molar-refractivity contribution is 5.85. The second-order valence-corrected chi connectivity index (χ2v) is 7.46. The van der Waals surface area contributed by atoms with Crippen LogP contribution in [0, 0.1) is 11.8 Å². The van der Waals surface area contributed by atoms with Gasteiger partial charge in [-0.15, -0.1) is 0 Å². The van der Waals surface area contributed by atoms with Gasteiger partial charge in [-0.05, 0) is 37.3 Å². The van der Waals surface area contributed by atoms with Gasteiger partial charge in [0.25, 0.3) is 0 Å². The van der Waals surface area contributed by atoms with Crippen LogP contribution in [0.2, 0.25) is 0 Å². The second kappa shape index (κ2) is 6.93. The molecule has 0 radical (unpaired) electrons. The summed E-state index contributed by atoms with van der Waals surface area (Å²) < 4.78 is 5.40. The Hall–Kier alpha value is -2.04. The molecule has 1 aromatic heterocycles. The lowest BCUT2D eigenvalue weighted by atomic mass is 9.75. The van der Waals surface area contributed by atoms with E-state index in [1.54, 1.807) is 7.11 Å². The molecule has 2 unspecified atom stereocenters. The molecule has 2 N–H and O–H groups in total. The molecule has 1 saturated heterocycles. The minimum atomic E-state index is -0.0527. The van der Waals surface area contributed by atoms with Gasteiger partial charge >= 0.3 is 0 Å². The maximum absolute atomic E-state index is 10.0. The van der Waals surface area contributed by atoms with Gasteiger partial charge in [0.1, 0.15) is 0 Å². The lowest BCUT2D eigenvalue weighted by Crippen LogP contribution is -2.44. The Kier molecular flexibility index (Phi) is 4.63. The normalized spacial score (nSPS) is 25.7. The van der Waals surface area contributed by atoms with Crippen LogP contribution in [0.15, 0.2) is 48.3 Å². The van der Waals surface area contributed by atoms with Crippen molar-refractivity contribution in [2.75, 3.05) is 26.8 Å². The predicted octanol–water partition coefficient (Wildman–Crippen LogP) is 3.80. The Morgan fingerprint density at radius 3 is 3.00 bits per heavy atom. The molecule has 0 amide bonds. The molecule has 4 nitrogen and oxygen atoms in total. The average Bonchev–Trinajstić information content (AvgIpc) is 3.07. The van der Waals surface area contributed by atoms with Crippen LogP contribution in [-0.2, 0) is 11.2 Å². The van der Waals surface area contributed by atoms with Crippen molar-refractivity contribution in [3.05, 3.63) is 59.5 Å². The number of nitrogens with one attached hydrogen (secondary N) is 1. The third kappa shape index (κ3) is 2.68. The van der Waals surface area contributed by atoms with E-state index in [1.165, 1.54) is 27.7 Å². The number of aliphatic hydroxyl groups excluding tert-OH is 1. The summed E-state index contributed by atoms with van der Waals surface area (Å²) in [6.45, 7) is 8.25. The number of allylic oxidation sites excluding steroid dienone is 1. The molecule has 3 atom stereocenters. The van der Waals surface area contributed by atoms with Gasteiger partial charge in [0.05, 0.1) is 25.5 Å². The van der Waals surface area contributed by atoms with Crippen LogP contribution in [-0.4, -0.2) is 41.8 Å². The molecule has 0 bridgehead atoms. The van der Waals surface area contributed by atoms with Crippen molar-refractivity contribution in [1.29, 1.82) is 0 Å². The summed E-state index contributed by atoms with van der Waals surface area (Å²) >= 11 is 0. The number of hydrogen-bond donors (Lipinski definition) is 2. The molecule has 0 spiro atoms. The number of aliphatic hydroxyl groups is 1. The van der Waals surface area contributed by atoms with Crippen molar-refractivity contribution >= 4 is 10.9 Å². The number of rotatable bonds is 4. The first-order chi connectivity index (χ1) is 12.7. The largest absolute Gasteiger partial charge is 0.501 e. The molecule has 1 fully saturated rings. The molecule has 26 heavy (non-hydrogen) atoms. The molecule has 2 aliphatic heterocycles. The van der Waals surface area contributed by atoms with Gasteiger partial charge in [-0.1, -0.05) is 36.4 Å². The first-order valence-corrected chi connectivity index (χ1v) is 9.50. The predicted molar refractivity (Wildman–Crippen MR) is 105 cm³/mol. The standard InChI is InChI=1S/C22H28N2O2/c1-4-15-12-24-10-9-17-16-7-5-6-8-20(16)23-22(17)21(24)11-18(15)19(13-25)14(2)26-3/h4-8,18-19,21,23,25H,2,9-13H2,1,3H3/b15-4-/t18?,19-,21?/m1/s1. The summed E-state index contributed by atoms with van der Waals surface area (Å²) in [4.78, 5) is 6.27. The number of para-hydroxylation sites is 1. The average molecular weight is 352 g/mol. The van der Waals surface area contributed by atoms with Gasteiger partial charge in [0.2, 0.25) is 0 Å². The number of H-pyrrole nitrogens is 1. The Morgan fingerprint density at radius 2 is 2.27 bits per heavy atom. The van der Waals surface area contributed by atoms with E-state index in [0.717, 1.165) is 25.9 Å². The zero-order chi connectivity index (χ0) is 18.3. The topological polar surface area (TPSA) is 48.5 Å². The minimum Gasteiger partial charge on any atom is -0.501 e. The number of benzene rings is 1. The molecular formula is C22H28N2O2. The van der Waals surface area contributed by atoms with Crippen LogP contribution in [0.4, 0.5) is 0 Å². The quantitative estimate of drug-likeness (QED) is 0.650. The molecule has 2 aromatic rings. The fraction of sp³-hybridized carbons (Fsp3) is 0.455. The van der Waals surface area contributed by atoms with Gasteiger partial charge < -0.3 is 14.8 Å². The summed E-state index contributed by atoms with van der Waals surface area (Å²) in [5.41, 5.74) is 5.44. The van der Waals surface area contributed by atoms with Gasteiger partial charge in [0.15, 0.2) is 0 Å². The van der Waals surface area contributed by atoms with E-state index in [-0.39, 0.29) is 18.4 Å². The fourth-order valence-corrected chi connectivity index (χ4v) is 4.90. The molecule has 4 heteroatoms. The lowest BCUT2D eigenvalue weighted by molar-refractivity contribution is 0.0837. The Labute approximate surface area is 155 Å². The van der Waals surface area contributed by atoms with Crippen LogP contribution >= 0.6 is 0 Å². The first kappa shape index (κ1) is 17.4. The van der Waals surface area contributed by atoms with Crippen LogP contribution in [0.25, 0.3) is 10.9 Å². The van der Waals surface area contributed by atoms with E-state index in [9.17, 15) is 5.11 Å². The van der Waals surface area contributed by atoms with Gasteiger partial charge in [0, 0.05) is 35.6 Å². The number of ether oxygens (including phenoxy) is 1. The second-order valence-electron chi connectivity index (χ2n) is 7.46. The summed E-state index contributed by atoms with van der Waals surface area (Å²) in [5, 5.41) is 11.4. The fourth-order valence-electron chi connectivity index (χ4n) is 4.90. The highest BCUT2D eigenvalue weighted by Gasteiger charge is 2.40. The number of methoxy groups -OCH3 is 1. The van der Waals surface area contributed by atoms with Gasteiger partial charge in [-0.3, -0.25) is 4.90 Å². The van der Waals surface area contributed by atoms with E-state index >= 15 is 0 Å². The molecular weight excluding hydrogens is 324 g/mol. The number of piperidine rings is 1. The van der Waals surface area contributed by atoms with E-state index in [0.29, 0.717) is 11.8 Å². The van der Waals surface area contributed by atoms with E-state index < -0.39 is 0 Å². The first-order valence-electron chi connectivity index (χ1n) is 9.50. The summed E-state index contributed by atoms with van der Waals surface area (Å²) in [6.07, 6.45) is 4.28. The van der Waals surface area contributed by atoms with Crippen LogP contribution in [0.1, 0.15) is 30.6 Å². The van der Waals surface area contributed by atoms with Gasteiger partial charge in [-0.2, -0.15) is 0 Å². The number of aromatic amines is 1. The Bertz CT molecular complexity index is 851. The Balaban J connectivity index is 1.73. The minimum absolute atomic E-state index is 0.0527. The van der Waals surface area contributed by atoms with Crippen LogP contribution in [0.5, 0.6) is 0 Å². The zero-order valence-electron chi connectivity index (χ0n) is 15.7. The molecule has 4 rings (SSSR count). The van der Waals surface area contributed by atoms with Crippen molar-refractivity contribution in [3.8, 4) is 0 Å². The summed E-state index contributed by atoms with van der Waals surface area (Å²) in [5.74, 6) is 0.886. The maximum Gasteiger partial charge on any atom is 0.0943 e. The van der Waals surface area contributed by atoms with E-state index in [2.05, 4.69) is 53.7 Å². The summed E-state index contributed by atoms with van der Waals surface area (Å²) in [6, 6.07) is 8.96. The highest BCUT2D eigenvalue weighted by Crippen LogP contribution is 2.45. The molecule has 138 valence electrons. The summed E-state index contributed by atoms with van der Waals surface area (Å²) in [7, 11) is 1.64. The third-order valence-corrected chi connectivity index (χ3v) is 6.34. The smallest absolute Gasteiger partial charge is 0.0943 e.